The SMILES string of the molecule is CCOC(=O)CCNC(C(=O)CCCCCN)C(=O)OCC. The first-order valence-corrected chi connectivity index (χ1v) is 7.85. The molecule has 7 heteroatoms. The maximum absolute atomic E-state index is 12.1. The van der Waals surface area contributed by atoms with E-state index in [9.17, 15) is 14.4 Å². The Morgan fingerprint density at radius 1 is 1.00 bits per heavy atom. The van der Waals surface area contributed by atoms with E-state index in [1.807, 2.05) is 0 Å². The van der Waals surface area contributed by atoms with Crippen molar-refractivity contribution >= 4 is 17.7 Å². The molecule has 0 aromatic carbocycles. The van der Waals surface area contributed by atoms with E-state index >= 15 is 0 Å². The van der Waals surface area contributed by atoms with Crippen molar-refractivity contribution in [3.05, 3.63) is 0 Å². The Hall–Kier alpha value is -1.47. The number of nitrogens with two attached hydrogens (primary N) is 1. The molecule has 3 N–H and O–H groups in total. The third-order valence-corrected chi connectivity index (χ3v) is 2.95. The van der Waals surface area contributed by atoms with E-state index in [4.69, 9.17) is 15.2 Å². The summed E-state index contributed by atoms with van der Waals surface area (Å²) in [4.78, 5) is 35.2. The quantitative estimate of drug-likeness (QED) is 0.290. The lowest BCUT2D eigenvalue weighted by atomic mass is 10.1. The Morgan fingerprint density at radius 3 is 2.27 bits per heavy atom. The van der Waals surface area contributed by atoms with Crippen molar-refractivity contribution in [3.63, 3.8) is 0 Å². The van der Waals surface area contributed by atoms with E-state index in [0.29, 0.717) is 19.6 Å². The maximum atomic E-state index is 12.1. The van der Waals surface area contributed by atoms with E-state index in [-0.39, 0.29) is 37.7 Å². The average molecular weight is 316 g/mol. The number of hydrogen-bond acceptors (Lipinski definition) is 7. The number of carbonyl (C=O) groups is 3. The van der Waals surface area contributed by atoms with Crippen molar-refractivity contribution in [1.82, 2.24) is 5.32 Å². The van der Waals surface area contributed by atoms with Crippen molar-refractivity contribution in [1.29, 1.82) is 0 Å². The molecule has 1 unspecified atom stereocenters. The molecule has 7 nitrogen and oxygen atoms in total. The monoisotopic (exact) mass is 316 g/mol. The summed E-state index contributed by atoms with van der Waals surface area (Å²) in [5.41, 5.74) is 5.40. The first-order chi connectivity index (χ1) is 10.6. The van der Waals surface area contributed by atoms with Gasteiger partial charge in [0, 0.05) is 13.0 Å². The molecule has 0 fully saturated rings. The molecule has 0 aliphatic carbocycles. The lowest BCUT2D eigenvalue weighted by molar-refractivity contribution is -0.149. The van der Waals surface area contributed by atoms with Crippen LogP contribution < -0.4 is 11.1 Å². The molecule has 1 atom stereocenters. The van der Waals surface area contributed by atoms with Gasteiger partial charge >= 0.3 is 11.9 Å². The van der Waals surface area contributed by atoms with Crippen LogP contribution in [-0.2, 0) is 23.9 Å². The number of rotatable bonds is 13. The lowest BCUT2D eigenvalue weighted by Gasteiger charge is -2.16. The highest BCUT2D eigenvalue weighted by Gasteiger charge is 2.26. The van der Waals surface area contributed by atoms with Gasteiger partial charge in [0.05, 0.1) is 19.6 Å². The van der Waals surface area contributed by atoms with E-state index in [1.54, 1.807) is 13.8 Å². The van der Waals surface area contributed by atoms with Gasteiger partial charge in [-0.25, -0.2) is 4.79 Å². The first kappa shape index (κ1) is 20.5. The van der Waals surface area contributed by atoms with Gasteiger partial charge in [0.1, 0.15) is 0 Å². The van der Waals surface area contributed by atoms with Crippen LogP contribution in [0.2, 0.25) is 0 Å². The Labute approximate surface area is 131 Å². The molecule has 0 bridgehead atoms. The second kappa shape index (κ2) is 13.2. The van der Waals surface area contributed by atoms with Crippen molar-refractivity contribution in [2.24, 2.45) is 5.73 Å². The van der Waals surface area contributed by atoms with Gasteiger partial charge in [0.25, 0.3) is 0 Å². The molecule has 0 aliphatic rings. The standard InChI is InChI=1S/C15H28N2O5/c1-3-21-13(19)9-11-17-14(15(20)22-4-2)12(18)8-6-5-7-10-16/h14,17H,3-11,16H2,1-2H3. The number of Topliss-reactive ketones (excluding diaryl/α,β-unsaturated/α-hetero) is 1. The topological polar surface area (TPSA) is 108 Å². The summed E-state index contributed by atoms with van der Waals surface area (Å²) in [7, 11) is 0. The molecule has 0 rings (SSSR count). The van der Waals surface area contributed by atoms with E-state index in [0.717, 1.165) is 12.8 Å². The zero-order chi connectivity index (χ0) is 16.8. The molecule has 0 heterocycles. The van der Waals surface area contributed by atoms with Gasteiger partial charge in [-0.3, -0.25) is 14.9 Å². The van der Waals surface area contributed by atoms with Crippen LogP contribution in [0.1, 0.15) is 46.0 Å². The number of hydrogen-bond donors (Lipinski definition) is 2. The molecule has 0 radical (unpaired) electrons. The van der Waals surface area contributed by atoms with Crippen molar-refractivity contribution in [3.8, 4) is 0 Å². The highest BCUT2D eigenvalue weighted by atomic mass is 16.5. The predicted molar refractivity (Wildman–Crippen MR) is 82.2 cm³/mol. The van der Waals surface area contributed by atoms with Crippen LogP contribution in [0.15, 0.2) is 0 Å². The number of carbonyl (C=O) groups excluding carboxylic acids is 3. The molecule has 0 saturated heterocycles. The zero-order valence-corrected chi connectivity index (χ0v) is 13.6. The van der Waals surface area contributed by atoms with Crippen LogP contribution in [0.3, 0.4) is 0 Å². The van der Waals surface area contributed by atoms with Crippen LogP contribution in [0.4, 0.5) is 0 Å². The zero-order valence-electron chi connectivity index (χ0n) is 13.6. The van der Waals surface area contributed by atoms with Gasteiger partial charge in [0.15, 0.2) is 11.8 Å². The number of unbranched alkanes of at least 4 members (excludes halogenated alkanes) is 2. The molecule has 0 saturated carbocycles. The van der Waals surface area contributed by atoms with Gasteiger partial charge in [-0.2, -0.15) is 0 Å². The Kier molecular flexibility index (Phi) is 12.3. The fourth-order valence-corrected chi connectivity index (χ4v) is 1.87. The largest absolute Gasteiger partial charge is 0.466 e. The van der Waals surface area contributed by atoms with E-state index in [1.165, 1.54) is 0 Å². The van der Waals surface area contributed by atoms with Crippen molar-refractivity contribution < 1.29 is 23.9 Å². The minimum atomic E-state index is -1.02. The van der Waals surface area contributed by atoms with Crippen molar-refractivity contribution in [2.45, 2.75) is 52.0 Å². The summed E-state index contributed by atoms with van der Waals surface area (Å²) in [6.07, 6.45) is 2.78. The number of ether oxygens (including phenoxy) is 2. The van der Waals surface area contributed by atoms with Crippen LogP contribution >= 0.6 is 0 Å². The second-order valence-corrected chi connectivity index (χ2v) is 4.76. The molecule has 128 valence electrons. The van der Waals surface area contributed by atoms with Gasteiger partial charge in [-0.15, -0.1) is 0 Å². The minimum Gasteiger partial charge on any atom is -0.466 e. The Morgan fingerprint density at radius 2 is 1.68 bits per heavy atom. The highest BCUT2D eigenvalue weighted by molar-refractivity contribution is 6.03. The van der Waals surface area contributed by atoms with Gasteiger partial charge < -0.3 is 15.2 Å². The maximum Gasteiger partial charge on any atom is 0.330 e. The van der Waals surface area contributed by atoms with Gasteiger partial charge in [0.2, 0.25) is 0 Å². The van der Waals surface area contributed by atoms with E-state index < -0.39 is 12.0 Å². The summed E-state index contributed by atoms with van der Waals surface area (Å²) in [6.45, 7) is 4.69. The van der Waals surface area contributed by atoms with Crippen LogP contribution in [-0.4, -0.2) is 50.1 Å². The number of nitrogens with one attached hydrogen (secondary N) is 1. The fourth-order valence-electron chi connectivity index (χ4n) is 1.87. The average Bonchev–Trinajstić information content (AvgIpc) is 2.48. The van der Waals surface area contributed by atoms with E-state index in [2.05, 4.69) is 5.32 Å². The number of ketones is 1. The summed E-state index contributed by atoms with van der Waals surface area (Å²) < 4.78 is 9.69. The molecule has 0 amide bonds. The van der Waals surface area contributed by atoms with Crippen LogP contribution in [0.25, 0.3) is 0 Å². The van der Waals surface area contributed by atoms with Gasteiger partial charge in [-0.1, -0.05) is 6.42 Å². The van der Waals surface area contributed by atoms with Crippen LogP contribution in [0, 0.1) is 0 Å². The second-order valence-electron chi connectivity index (χ2n) is 4.76. The lowest BCUT2D eigenvalue weighted by Crippen LogP contribution is -2.45. The minimum absolute atomic E-state index is 0.101. The molecular weight excluding hydrogens is 288 g/mol. The molecular formula is C15H28N2O5. The molecule has 22 heavy (non-hydrogen) atoms. The number of esters is 2. The fraction of sp³-hybridized carbons (Fsp3) is 0.800. The highest BCUT2D eigenvalue weighted by Crippen LogP contribution is 2.04. The van der Waals surface area contributed by atoms with Crippen LogP contribution in [0.5, 0.6) is 0 Å². The molecule has 0 aliphatic heterocycles. The summed E-state index contributed by atoms with van der Waals surface area (Å²) in [5.74, 6) is -1.19. The molecule has 0 aromatic rings. The molecule has 0 aromatic heterocycles. The Balaban J connectivity index is 4.33. The Bertz CT molecular complexity index is 347. The molecule has 0 spiro atoms. The van der Waals surface area contributed by atoms with Crippen molar-refractivity contribution in [2.75, 3.05) is 26.3 Å². The summed E-state index contributed by atoms with van der Waals surface area (Å²) >= 11 is 0. The smallest absolute Gasteiger partial charge is 0.330 e. The van der Waals surface area contributed by atoms with Gasteiger partial charge in [-0.05, 0) is 33.2 Å². The first-order valence-electron chi connectivity index (χ1n) is 7.85. The third kappa shape index (κ3) is 9.46. The summed E-state index contributed by atoms with van der Waals surface area (Å²) in [6, 6.07) is -1.02. The third-order valence-electron chi connectivity index (χ3n) is 2.95. The predicted octanol–water partition coefficient (Wildman–Crippen LogP) is 0.549. The summed E-state index contributed by atoms with van der Waals surface area (Å²) in [5, 5.41) is 2.78. The normalized spacial score (nSPS) is 11.8.